The van der Waals surface area contributed by atoms with Crippen molar-refractivity contribution in [2.45, 2.75) is 38.0 Å². The first-order valence-corrected chi connectivity index (χ1v) is 8.54. The summed E-state index contributed by atoms with van der Waals surface area (Å²) >= 11 is 1.78. The lowest BCUT2D eigenvalue weighted by atomic mass is 9.94. The van der Waals surface area contributed by atoms with Gasteiger partial charge < -0.3 is 15.2 Å². The first-order chi connectivity index (χ1) is 11.1. The summed E-state index contributed by atoms with van der Waals surface area (Å²) in [4.78, 5) is 1.41. The number of benzene rings is 1. The maximum Gasteiger partial charge on any atom is 0.387 e. The van der Waals surface area contributed by atoms with E-state index in [1.54, 1.807) is 23.5 Å². The Kier molecular flexibility index (Phi) is 5.25. The van der Waals surface area contributed by atoms with Gasteiger partial charge in [0.2, 0.25) is 0 Å². The molecule has 1 aliphatic carbocycles. The highest BCUT2D eigenvalue weighted by Gasteiger charge is 2.21. The molecule has 2 N–H and O–H groups in total. The predicted octanol–water partition coefficient (Wildman–Crippen LogP) is 4.05. The van der Waals surface area contributed by atoms with Gasteiger partial charge in [-0.15, -0.1) is 11.3 Å². The van der Waals surface area contributed by atoms with E-state index in [0.29, 0.717) is 12.1 Å². The summed E-state index contributed by atoms with van der Waals surface area (Å²) in [6, 6.07) is 8.61. The molecule has 2 aromatic rings. The molecule has 2 atom stereocenters. The van der Waals surface area contributed by atoms with E-state index in [1.165, 1.54) is 22.6 Å². The van der Waals surface area contributed by atoms with Crippen molar-refractivity contribution < 1.29 is 18.6 Å². The van der Waals surface area contributed by atoms with Crippen LogP contribution in [-0.2, 0) is 6.42 Å². The SMILES string of the molecule is OC(CNC1CCCc2sccc21)c1cccc(OC(F)F)c1. The third-order valence-electron chi connectivity index (χ3n) is 4.08. The number of thiophene rings is 1. The van der Waals surface area contributed by atoms with Crippen LogP contribution in [0, 0.1) is 0 Å². The fraction of sp³-hybridized carbons (Fsp3) is 0.412. The van der Waals surface area contributed by atoms with Crippen molar-refractivity contribution >= 4 is 11.3 Å². The van der Waals surface area contributed by atoms with Crippen molar-refractivity contribution in [3.05, 3.63) is 51.7 Å². The molecule has 1 aromatic carbocycles. The Bertz CT molecular complexity index is 647. The van der Waals surface area contributed by atoms with E-state index in [9.17, 15) is 13.9 Å². The monoisotopic (exact) mass is 339 g/mol. The summed E-state index contributed by atoms with van der Waals surface area (Å²) in [5.74, 6) is 0.0642. The van der Waals surface area contributed by atoms with Crippen molar-refractivity contribution in [1.82, 2.24) is 5.32 Å². The molecule has 2 unspecified atom stereocenters. The Morgan fingerprint density at radius 1 is 1.35 bits per heavy atom. The zero-order valence-electron chi connectivity index (χ0n) is 12.5. The largest absolute Gasteiger partial charge is 0.435 e. The number of aliphatic hydroxyl groups excluding tert-OH is 1. The number of hydrogen-bond donors (Lipinski definition) is 2. The highest BCUT2D eigenvalue weighted by molar-refractivity contribution is 7.10. The molecule has 3 nitrogen and oxygen atoms in total. The lowest BCUT2D eigenvalue weighted by Gasteiger charge is -2.25. The molecule has 23 heavy (non-hydrogen) atoms. The molecule has 1 heterocycles. The molecule has 3 rings (SSSR count). The van der Waals surface area contributed by atoms with Crippen molar-refractivity contribution in [3.63, 3.8) is 0 Å². The first kappa shape index (κ1) is 16.4. The van der Waals surface area contributed by atoms with Gasteiger partial charge in [-0.25, -0.2) is 0 Å². The van der Waals surface area contributed by atoms with Crippen LogP contribution in [0.1, 0.15) is 41.0 Å². The summed E-state index contributed by atoms with van der Waals surface area (Å²) in [5, 5.41) is 15.8. The fourth-order valence-corrected chi connectivity index (χ4v) is 3.96. The lowest BCUT2D eigenvalue weighted by molar-refractivity contribution is -0.0499. The van der Waals surface area contributed by atoms with Gasteiger partial charge in [-0.1, -0.05) is 12.1 Å². The van der Waals surface area contributed by atoms with Crippen LogP contribution in [0.5, 0.6) is 5.75 Å². The second kappa shape index (κ2) is 7.38. The minimum atomic E-state index is -2.86. The third kappa shape index (κ3) is 4.07. The number of nitrogens with one attached hydrogen (secondary N) is 1. The number of aryl methyl sites for hydroxylation is 1. The zero-order chi connectivity index (χ0) is 16.2. The van der Waals surface area contributed by atoms with Crippen molar-refractivity contribution in [3.8, 4) is 5.75 Å². The van der Waals surface area contributed by atoms with E-state index >= 15 is 0 Å². The van der Waals surface area contributed by atoms with Crippen LogP contribution in [0.4, 0.5) is 8.78 Å². The molecule has 0 radical (unpaired) electrons. The van der Waals surface area contributed by atoms with Crippen LogP contribution in [0.2, 0.25) is 0 Å². The predicted molar refractivity (Wildman–Crippen MR) is 86.0 cm³/mol. The van der Waals surface area contributed by atoms with Crippen LogP contribution >= 0.6 is 11.3 Å². The van der Waals surface area contributed by atoms with Gasteiger partial charge in [0.15, 0.2) is 0 Å². The van der Waals surface area contributed by atoms with E-state index in [2.05, 4.69) is 21.5 Å². The Hall–Kier alpha value is -1.50. The number of rotatable bonds is 6. The zero-order valence-corrected chi connectivity index (χ0v) is 13.4. The maximum absolute atomic E-state index is 12.3. The Labute approximate surface area is 137 Å². The number of halogens is 2. The Balaban J connectivity index is 1.61. The molecule has 0 bridgehead atoms. The molecule has 0 amide bonds. The average Bonchev–Trinajstić information content (AvgIpc) is 3.01. The summed E-state index contributed by atoms with van der Waals surface area (Å²) in [7, 11) is 0. The van der Waals surface area contributed by atoms with Crippen molar-refractivity contribution in [1.29, 1.82) is 0 Å². The van der Waals surface area contributed by atoms with Crippen LogP contribution in [0.3, 0.4) is 0 Å². The smallest absolute Gasteiger partial charge is 0.387 e. The van der Waals surface area contributed by atoms with E-state index in [1.807, 2.05) is 0 Å². The molecule has 124 valence electrons. The van der Waals surface area contributed by atoms with E-state index in [4.69, 9.17) is 0 Å². The first-order valence-electron chi connectivity index (χ1n) is 7.66. The highest BCUT2D eigenvalue weighted by atomic mass is 32.1. The van der Waals surface area contributed by atoms with Crippen LogP contribution < -0.4 is 10.1 Å². The minimum absolute atomic E-state index is 0.0642. The van der Waals surface area contributed by atoms with Gasteiger partial charge in [-0.2, -0.15) is 8.78 Å². The fourth-order valence-electron chi connectivity index (χ4n) is 2.97. The van der Waals surface area contributed by atoms with Gasteiger partial charge in [0, 0.05) is 17.5 Å². The van der Waals surface area contributed by atoms with Gasteiger partial charge >= 0.3 is 6.61 Å². The number of alkyl halides is 2. The van der Waals surface area contributed by atoms with Gasteiger partial charge in [-0.05, 0) is 54.0 Å². The molecule has 6 heteroatoms. The Morgan fingerprint density at radius 3 is 3.04 bits per heavy atom. The number of aliphatic hydroxyl groups is 1. The molecule has 0 saturated carbocycles. The van der Waals surface area contributed by atoms with E-state index < -0.39 is 12.7 Å². The van der Waals surface area contributed by atoms with Gasteiger partial charge in [0.25, 0.3) is 0 Å². The standard InChI is InChI=1S/C17H19F2NO2S/c18-17(19)22-12-4-1-3-11(9-12)15(21)10-20-14-5-2-6-16-13(14)7-8-23-16/h1,3-4,7-9,14-15,17,20-21H,2,5-6,10H2. The lowest BCUT2D eigenvalue weighted by Crippen LogP contribution is -2.28. The van der Waals surface area contributed by atoms with Crippen LogP contribution in [-0.4, -0.2) is 18.3 Å². The summed E-state index contributed by atoms with van der Waals surface area (Å²) in [6.07, 6.45) is 2.55. The maximum atomic E-state index is 12.3. The number of fused-ring (bicyclic) bond motifs is 1. The van der Waals surface area contributed by atoms with Gasteiger partial charge in [-0.3, -0.25) is 0 Å². The summed E-state index contributed by atoms with van der Waals surface area (Å²) in [5.41, 5.74) is 1.89. The topological polar surface area (TPSA) is 41.5 Å². The van der Waals surface area contributed by atoms with Crippen molar-refractivity contribution in [2.24, 2.45) is 0 Å². The second-order valence-corrected chi connectivity index (χ2v) is 6.62. The average molecular weight is 339 g/mol. The van der Waals surface area contributed by atoms with Crippen LogP contribution in [0.15, 0.2) is 35.7 Å². The van der Waals surface area contributed by atoms with E-state index in [-0.39, 0.29) is 11.8 Å². The Morgan fingerprint density at radius 2 is 2.22 bits per heavy atom. The third-order valence-corrected chi connectivity index (χ3v) is 5.07. The second-order valence-electron chi connectivity index (χ2n) is 5.62. The molecular weight excluding hydrogens is 320 g/mol. The molecule has 0 saturated heterocycles. The molecule has 0 aliphatic heterocycles. The minimum Gasteiger partial charge on any atom is -0.435 e. The normalized spacial score (nSPS) is 18.7. The van der Waals surface area contributed by atoms with Gasteiger partial charge in [0.05, 0.1) is 6.10 Å². The highest BCUT2D eigenvalue weighted by Crippen LogP contribution is 2.33. The molecule has 0 fully saturated rings. The molecular formula is C17H19F2NO2S. The van der Waals surface area contributed by atoms with Crippen molar-refractivity contribution in [2.75, 3.05) is 6.54 Å². The molecule has 1 aromatic heterocycles. The molecule has 0 spiro atoms. The summed E-state index contributed by atoms with van der Waals surface area (Å²) in [6.45, 7) is -2.49. The number of hydrogen-bond acceptors (Lipinski definition) is 4. The summed E-state index contributed by atoms with van der Waals surface area (Å²) < 4.78 is 28.9. The molecule has 1 aliphatic rings. The number of ether oxygens (including phenoxy) is 1. The van der Waals surface area contributed by atoms with Gasteiger partial charge in [0.1, 0.15) is 5.75 Å². The van der Waals surface area contributed by atoms with Crippen LogP contribution in [0.25, 0.3) is 0 Å². The van der Waals surface area contributed by atoms with E-state index in [0.717, 1.165) is 19.3 Å². The quantitative estimate of drug-likeness (QED) is 0.834.